The Kier molecular flexibility index (Phi) is 8.88. The van der Waals surface area contributed by atoms with Gasteiger partial charge in [-0.15, -0.1) is 0 Å². The number of nitrogens with zero attached hydrogens (tertiary/aromatic N) is 8. The van der Waals surface area contributed by atoms with Gasteiger partial charge >= 0.3 is 6.01 Å². The third-order valence-corrected chi connectivity index (χ3v) is 10.4. The molecule has 2 saturated heterocycles. The van der Waals surface area contributed by atoms with Crippen LogP contribution in [0.15, 0.2) is 65.7 Å². The lowest BCUT2D eigenvalue weighted by Crippen LogP contribution is -2.59. The van der Waals surface area contributed by atoms with E-state index in [0.29, 0.717) is 44.8 Å². The van der Waals surface area contributed by atoms with Crippen molar-refractivity contribution in [1.82, 2.24) is 19.8 Å². The van der Waals surface area contributed by atoms with E-state index in [1.807, 2.05) is 36.1 Å². The number of piperazine rings is 1. The fourth-order valence-corrected chi connectivity index (χ4v) is 7.66. The van der Waals surface area contributed by atoms with Crippen molar-refractivity contribution < 1.29 is 9.53 Å². The van der Waals surface area contributed by atoms with Crippen molar-refractivity contribution in [2.45, 2.75) is 63.7 Å². The highest BCUT2D eigenvalue weighted by atomic mass is 16.5. The Bertz CT molecular complexity index is 1810. The number of nitriles is 1. The monoisotopic (exact) mass is 644 g/mol. The van der Waals surface area contributed by atoms with E-state index in [2.05, 4.69) is 76.1 Å². The van der Waals surface area contributed by atoms with Gasteiger partial charge < -0.3 is 24.3 Å². The molecular weight excluding hydrogens is 600 g/mol. The molecule has 0 spiro atoms. The summed E-state index contributed by atoms with van der Waals surface area (Å²) in [7, 11) is 2.15. The molecule has 3 aromatic rings. The van der Waals surface area contributed by atoms with Crippen molar-refractivity contribution in [3.05, 3.63) is 77.5 Å². The van der Waals surface area contributed by atoms with Gasteiger partial charge in [0.25, 0.3) is 5.91 Å². The summed E-state index contributed by atoms with van der Waals surface area (Å²) in [6.45, 7) is 8.67. The molecule has 1 aromatic heterocycles. The van der Waals surface area contributed by atoms with Gasteiger partial charge in [0.2, 0.25) is 0 Å². The van der Waals surface area contributed by atoms with Crippen LogP contribution in [-0.2, 0) is 17.8 Å². The standard InChI is InChI=1S/C38H44N8O2/c1-27-10-7-11-28-12-8-14-33(34(27)28)44-21-16-31-32(25-44)41-37(48-26-30-13-9-20-43(30)3)42-35(31)45-22-23-46(29(24-45)15-18-39)36(47)38(2)17-5-4-6-19-40-38/h4-8,10-12,14,17,19,29-30H,9,13,15-16,20-26H2,1-3H3. The van der Waals surface area contributed by atoms with Gasteiger partial charge in [-0.05, 0) is 75.9 Å². The van der Waals surface area contributed by atoms with Crippen LogP contribution >= 0.6 is 0 Å². The minimum atomic E-state index is -1.01. The first-order chi connectivity index (χ1) is 23.3. The summed E-state index contributed by atoms with van der Waals surface area (Å²) in [6.07, 6.45) is 12.3. The van der Waals surface area contributed by atoms with E-state index in [-0.39, 0.29) is 18.4 Å². The van der Waals surface area contributed by atoms with E-state index in [4.69, 9.17) is 14.7 Å². The summed E-state index contributed by atoms with van der Waals surface area (Å²) in [4.78, 5) is 37.4. The number of ether oxygens (including phenoxy) is 1. The van der Waals surface area contributed by atoms with Gasteiger partial charge in [-0.25, -0.2) is 0 Å². The summed E-state index contributed by atoms with van der Waals surface area (Å²) >= 11 is 0. The molecule has 10 nitrogen and oxygen atoms in total. The van der Waals surface area contributed by atoms with Crippen molar-refractivity contribution in [1.29, 1.82) is 5.26 Å². The topological polar surface area (TPSA) is 101 Å². The number of hydrogen-bond acceptors (Lipinski definition) is 9. The predicted molar refractivity (Wildman–Crippen MR) is 190 cm³/mol. The van der Waals surface area contributed by atoms with Gasteiger partial charge in [-0.1, -0.05) is 42.5 Å². The van der Waals surface area contributed by atoms with E-state index in [9.17, 15) is 10.1 Å². The zero-order chi connectivity index (χ0) is 33.3. The second-order valence-electron chi connectivity index (χ2n) is 13.6. The first-order valence-electron chi connectivity index (χ1n) is 17.1. The molecule has 7 rings (SSSR count). The number of anilines is 2. The Balaban J connectivity index is 1.20. The van der Waals surface area contributed by atoms with E-state index in [1.54, 1.807) is 6.21 Å². The van der Waals surface area contributed by atoms with Crippen molar-refractivity contribution in [2.75, 3.05) is 56.2 Å². The van der Waals surface area contributed by atoms with E-state index in [0.717, 1.165) is 43.0 Å². The number of allylic oxidation sites excluding steroid dienone is 3. The number of likely N-dealkylation sites (tertiary alicyclic amines) is 1. The maximum absolute atomic E-state index is 13.9. The molecule has 248 valence electrons. The van der Waals surface area contributed by atoms with Gasteiger partial charge in [-0.3, -0.25) is 9.79 Å². The number of aromatic nitrogens is 2. The largest absolute Gasteiger partial charge is 0.462 e. The molecule has 5 heterocycles. The van der Waals surface area contributed by atoms with E-state index < -0.39 is 5.54 Å². The predicted octanol–water partition coefficient (Wildman–Crippen LogP) is 4.86. The van der Waals surface area contributed by atoms with Gasteiger partial charge in [0.05, 0.1) is 30.8 Å². The van der Waals surface area contributed by atoms with Crippen LogP contribution in [0, 0.1) is 18.3 Å². The fourth-order valence-electron chi connectivity index (χ4n) is 7.66. The van der Waals surface area contributed by atoms with Crippen LogP contribution in [0.25, 0.3) is 10.8 Å². The van der Waals surface area contributed by atoms with E-state index in [1.165, 1.54) is 28.4 Å². The van der Waals surface area contributed by atoms with Gasteiger partial charge in [0, 0.05) is 55.1 Å². The lowest BCUT2D eigenvalue weighted by molar-refractivity contribution is -0.137. The number of carbonyl (C=O) groups is 1. The number of rotatable bonds is 7. The van der Waals surface area contributed by atoms with Crippen molar-refractivity contribution >= 4 is 34.4 Å². The van der Waals surface area contributed by atoms with Crippen LogP contribution in [-0.4, -0.2) is 95.9 Å². The zero-order valence-corrected chi connectivity index (χ0v) is 28.2. The third kappa shape index (κ3) is 6.15. The molecule has 3 unspecified atom stereocenters. The maximum atomic E-state index is 13.9. The Hall–Kier alpha value is -4.75. The first-order valence-corrected chi connectivity index (χ1v) is 17.1. The number of likely N-dealkylation sites (N-methyl/N-ethyl adjacent to an activating group) is 1. The van der Waals surface area contributed by atoms with E-state index >= 15 is 0 Å². The summed E-state index contributed by atoms with van der Waals surface area (Å²) < 4.78 is 6.37. The highest BCUT2D eigenvalue weighted by Gasteiger charge is 2.40. The molecule has 1 amide bonds. The van der Waals surface area contributed by atoms with Crippen LogP contribution in [0.5, 0.6) is 6.01 Å². The number of benzene rings is 2. The summed E-state index contributed by atoms with van der Waals surface area (Å²) in [5.74, 6) is 0.774. The highest BCUT2D eigenvalue weighted by molar-refractivity contribution is 5.97. The van der Waals surface area contributed by atoms with Crippen molar-refractivity contribution in [3.63, 3.8) is 0 Å². The Morgan fingerprint density at radius 2 is 1.90 bits per heavy atom. The number of hydrogen-bond donors (Lipinski definition) is 0. The molecule has 3 atom stereocenters. The van der Waals surface area contributed by atoms with Gasteiger partial charge in [-0.2, -0.15) is 15.2 Å². The summed E-state index contributed by atoms with van der Waals surface area (Å²) in [5.41, 5.74) is 3.56. The Labute approximate surface area is 283 Å². The molecule has 0 N–H and O–H groups in total. The lowest BCUT2D eigenvalue weighted by atomic mass is 9.97. The maximum Gasteiger partial charge on any atom is 0.318 e. The third-order valence-electron chi connectivity index (χ3n) is 10.4. The lowest BCUT2D eigenvalue weighted by Gasteiger charge is -2.44. The van der Waals surface area contributed by atoms with Crippen LogP contribution in [0.2, 0.25) is 0 Å². The smallest absolute Gasteiger partial charge is 0.318 e. The zero-order valence-electron chi connectivity index (χ0n) is 28.2. The molecule has 0 aliphatic carbocycles. The second kappa shape index (κ2) is 13.4. The average molecular weight is 645 g/mol. The Morgan fingerprint density at radius 3 is 2.71 bits per heavy atom. The van der Waals surface area contributed by atoms with Gasteiger partial charge in [0.15, 0.2) is 5.54 Å². The molecule has 0 radical (unpaired) electrons. The molecule has 10 heteroatoms. The number of amides is 1. The molecule has 2 aromatic carbocycles. The first kappa shape index (κ1) is 31.8. The molecule has 48 heavy (non-hydrogen) atoms. The number of carbonyl (C=O) groups excluding carboxylic acids is 1. The van der Waals surface area contributed by atoms with Crippen LogP contribution in [0.3, 0.4) is 0 Å². The summed E-state index contributed by atoms with van der Waals surface area (Å²) in [5, 5.41) is 12.4. The van der Waals surface area contributed by atoms with Crippen LogP contribution < -0.4 is 14.5 Å². The molecular formula is C38H44N8O2. The van der Waals surface area contributed by atoms with Crippen LogP contribution in [0.4, 0.5) is 11.5 Å². The quantitative estimate of drug-likeness (QED) is 0.360. The molecule has 4 aliphatic rings. The Morgan fingerprint density at radius 1 is 1.04 bits per heavy atom. The normalized spacial score (nSPS) is 24.1. The van der Waals surface area contributed by atoms with Crippen molar-refractivity contribution in [2.24, 2.45) is 4.99 Å². The molecule has 0 bridgehead atoms. The SMILES string of the molecule is Cc1cccc2cccc(N3CCc4c(nc(OCC5CCCN5C)nc4N4CCN(C(=O)C5(C)C=CC=CC=N5)C(CC#N)C4)C3)c12. The number of aryl methyl sites for hydroxylation is 1. The number of aliphatic imine (C=N–C) groups is 1. The fraction of sp³-hybridized carbons (Fsp3) is 0.447. The van der Waals surface area contributed by atoms with Crippen LogP contribution in [0.1, 0.15) is 43.0 Å². The minimum absolute atomic E-state index is 0.0888. The van der Waals surface area contributed by atoms with Gasteiger partial charge in [0.1, 0.15) is 12.4 Å². The number of fused-ring (bicyclic) bond motifs is 2. The highest BCUT2D eigenvalue weighted by Crippen LogP contribution is 2.36. The molecule has 2 fully saturated rings. The average Bonchev–Trinajstić information content (AvgIpc) is 3.38. The van der Waals surface area contributed by atoms with Crippen molar-refractivity contribution in [3.8, 4) is 12.1 Å². The minimum Gasteiger partial charge on any atom is -0.462 e. The second-order valence-corrected chi connectivity index (χ2v) is 13.6. The summed E-state index contributed by atoms with van der Waals surface area (Å²) in [6, 6.07) is 15.8. The molecule has 4 aliphatic heterocycles. The molecule has 0 saturated carbocycles.